The molecule has 0 spiro atoms. The zero-order valence-corrected chi connectivity index (χ0v) is 12.2. The third-order valence-electron chi connectivity index (χ3n) is 3.10. The summed E-state index contributed by atoms with van der Waals surface area (Å²) in [5, 5.41) is 3.41. The summed E-state index contributed by atoms with van der Waals surface area (Å²) in [7, 11) is 0. The Labute approximate surface area is 115 Å². The fourth-order valence-corrected chi connectivity index (χ4v) is 2.08. The van der Waals surface area contributed by atoms with Gasteiger partial charge in [-0.2, -0.15) is 0 Å². The molecular weight excluding hydrogens is 234 g/mol. The van der Waals surface area contributed by atoms with E-state index in [9.17, 15) is 0 Å². The molecule has 2 rings (SSSR count). The highest BCUT2D eigenvalue weighted by Gasteiger charge is 2.08. The zero-order valence-electron chi connectivity index (χ0n) is 12.2. The van der Waals surface area contributed by atoms with E-state index in [1.807, 2.05) is 0 Å². The van der Waals surface area contributed by atoms with Crippen molar-refractivity contribution in [1.82, 2.24) is 15.3 Å². The minimum atomic E-state index is 0.660. The quantitative estimate of drug-likeness (QED) is 0.861. The van der Waals surface area contributed by atoms with Crippen molar-refractivity contribution in [2.45, 2.75) is 34.2 Å². The van der Waals surface area contributed by atoms with Crippen LogP contribution in [0.3, 0.4) is 0 Å². The molecule has 0 unspecified atom stereocenters. The summed E-state index contributed by atoms with van der Waals surface area (Å²) in [4.78, 5) is 8.05. The van der Waals surface area contributed by atoms with Gasteiger partial charge >= 0.3 is 0 Å². The molecule has 0 aliphatic carbocycles. The molecular formula is C16H23N3. The third-order valence-corrected chi connectivity index (χ3v) is 3.10. The number of benzene rings is 1. The molecule has 0 atom stereocenters. The van der Waals surface area contributed by atoms with Gasteiger partial charge in [-0.15, -0.1) is 0 Å². The van der Waals surface area contributed by atoms with Crippen LogP contribution in [0.2, 0.25) is 0 Å². The number of hydrogen-bond acceptors (Lipinski definition) is 2. The summed E-state index contributed by atoms with van der Waals surface area (Å²) in [5.41, 5.74) is 4.64. The Morgan fingerprint density at radius 2 is 1.84 bits per heavy atom. The standard InChI is InChI=1S/C16H23N3/c1-11(2)9-17-10-15-18-13(4)16(19-15)14-7-5-12(3)6-8-14/h5-8,11,17H,9-10H2,1-4H3,(H,18,19). The maximum absolute atomic E-state index is 4.69. The number of aromatic nitrogens is 2. The molecule has 1 heterocycles. The van der Waals surface area contributed by atoms with Gasteiger partial charge in [-0.05, 0) is 26.3 Å². The van der Waals surface area contributed by atoms with E-state index in [2.05, 4.69) is 67.2 Å². The number of aryl methyl sites for hydroxylation is 2. The van der Waals surface area contributed by atoms with Crippen molar-refractivity contribution in [3.05, 3.63) is 41.3 Å². The van der Waals surface area contributed by atoms with E-state index >= 15 is 0 Å². The van der Waals surface area contributed by atoms with Gasteiger partial charge in [-0.3, -0.25) is 0 Å². The van der Waals surface area contributed by atoms with Gasteiger partial charge in [0, 0.05) is 11.3 Å². The molecule has 0 aliphatic rings. The van der Waals surface area contributed by atoms with E-state index in [0.717, 1.165) is 30.3 Å². The van der Waals surface area contributed by atoms with E-state index in [1.54, 1.807) is 0 Å². The smallest absolute Gasteiger partial charge is 0.121 e. The second kappa shape index (κ2) is 6.02. The van der Waals surface area contributed by atoms with Crippen LogP contribution in [0.1, 0.15) is 30.9 Å². The van der Waals surface area contributed by atoms with Gasteiger partial charge in [0.1, 0.15) is 5.82 Å². The van der Waals surface area contributed by atoms with Crippen LogP contribution in [0.5, 0.6) is 0 Å². The van der Waals surface area contributed by atoms with Crippen molar-refractivity contribution in [3.8, 4) is 11.3 Å². The van der Waals surface area contributed by atoms with E-state index in [4.69, 9.17) is 0 Å². The Balaban J connectivity index is 2.10. The van der Waals surface area contributed by atoms with Crippen LogP contribution in [-0.2, 0) is 6.54 Å². The molecule has 1 aromatic carbocycles. The predicted molar refractivity (Wildman–Crippen MR) is 80.0 cm³/mol. The number of hydrogen-bond donors (Lipinski definition) is 2. The molecule has 3 heteroatoms. The normalized spacial score (nSPS) is 11.2. The van der Waals surface area contributed by atoms with Gasteiger partial charge in [0.15, 0.2) is 0 Å². The predicted octanol–water partition coefficient (Wildman–Crippen LogP) is 3.44. The van der Waals surface area contributed by atoms with E-state index in [-0.39, 0.29) is 0 Å². The van der Waals surface area contributed by atoms with Crippen LogP contribution in [0.4, 0.5) is 0 Å². The minimum Gasteiger partial charge on any atom is -0.344 e. The Kier molecular flexibility index (Phi) is 4.38. The summed E-state index contributed by atoms with van der Waals surface area (Å²) in [6.07, 6.45) is 0. The first-order chi connectivity index (χ1) is 9.06. The fourth-order valence-electron chi connectivity index (χ4n) is 2.08. The largest absolute Gasteiger partial charge is 0.344 e. The van der Waals surface area contributed by atoms with Crippen molar-refractivity contribution >= 4 is 0 Å². The fraction of sp³-hybridized carbons (Fsp3) is 0.438. The van der Waals surface area contributed by atoms with Crippen LogP contribution in [0.25, 0.3) is 11.3 Å². The average molecular weight is 257 g/mol. The Morgan fingerprint density at radius 1 is 1.16 bits per heavy atom. The number of rotatable bonds is 5. The molecule has 0 aliphatic heterocycles. The molecule has 2 aromatic rings. The lowest BCUT2D eigenvalue weighted by molar-refractivity contribution is 0.544. The lowest BCUT2D eigenvalue weighted by atomic mass is 10.1. The summed E-state index contributed by atoms with van der Waals surface area (Å²) in [5.74, 6) is 1.67. The summed E-state index contributed by atoms with van der Waals surface area (Å²) in [6.45, 7) is 10.4. The molecule has 19 heavy (non-hydrogen) atoms. The van der Waals surface area contributed by atoms with Crippen LogP contribution >= 0.6 is 0 Å². The van der Waals surface area contributed by atoms with Crippen molar-refractivity contribution in [2.75, 3.05) is 6.54 Å². The van der Waals surface area contributed by atoms with Gasteiger partial charge in [0.2, 0.25) is 0 Å². The number of H-pyrrole nitrogens is 1. The molecule has 0 saturated carbocycles. The Bertz CT molecular complexity index is 523. The van der Waals surface area contributed by atoms with Gasteiger partial charge in [0.05, 0.1) is 12.2 Å². The monoisotopic (exact) mass is 257 g/mol. The lowest BCUT2D eigenvalue weighted by Crippen LogP contribution is -2.19. The highest BCUT2D eigenvalue weighted by Crippen LogP contribution is 2.21. The summed E-state index contributed by atoms with van der Waals surface area (Å²) >= 11 is 0. The van der Waals surface area contributed by atoms with E-state index in [0.29, 0.717) is 5.92 Å². The van der Waals surface area contributed by atoms with Crippen molar-refractivity contribution in [3.63, 3.8) is 0 Å². The Morgan fingerprint density at radius 3 is 2.47 bits per heavy atom. The molecule has 0 radical (unpaired) electrons. The topological polar surface area (TPSA) is 40.7 Å². The van der Waals surface area contributed by atoms with Crippen molar-refractivity contribution in [2.24, 2.45) is 5.92 Å². The molecule has 3 nitrogen and oxygen atoms in total. The highest BCUT2D eigenvalue weighted by atomic mass is 15.0. The van der Waals surface area contributed by atoms with Crippen LogP contribution in [0.15, 0.2) is 24.3 Å². The number of nitrogens with one attached hydrogen (secondary N) is 2. The van der Waals surface area contributed by atoms with Crippen LogP contribution in [-0.4, -0.2) is 16.5 Å². The number of nitrogens with zero attached hydrogens (tertiary/aromatic N) is 1. The SMILES string of the molecule is Cc1ccc(-c2nc(CNCC(C)C)[nH]c2C)cc1. The van der Waals surface area contributed by atoms with E-state index in [1.165, 1.54) is 11.1 Å². The van der Waals surface area contributed by atoms with Crippen molar-refractivity contribution in [1.29, 1.82) is 0 Å². The lowest BCUT2D eigenvalue weighted by Gasteiger charge is -2.04. The van der Waals surface area contributed by atoms with Crippen molar-refractivity contribution < 1.29 is 0 Å². The molecule has 0 amide bonds. The molecule has 2 N–H and O–H groups in total. The highest BCUT2D eigenvalue weighted by molar-refractivity contribution is 5.62. The molecule has 0 saturated heterocycles. The molecule has 0 bridgehead atoms. The van der Waals surface area contributed by atoms with Gasteiger partial charge in [-0.1, -0.05) is 43.7 Å². The summed E-state index contributed by atoms with van der Waals surface area (Å²) in [6, 6.07) is 8.51. The first-order valence-corrected chi connectivity index (χ1v) is 6.89. The van der Waals surface area contributed by atoms with E-state index < -0.39 is 0 Å². The second-order valence-corrected chi connectivity index (χ2v) is 5.55. The van der Waals surface area contributed by atoms with Crippen LogP contribution < -0.4 is 5.32 Å². The van der Waals surface area contributed by atoms with Crippen LogP contribution in [0, 0.1) is 19.8 Å². The first kappa shape index (κ1) is 13.8. The summed E-state index contributed by atoms with van der Waals surface area (Å²) < 4.78 is 0. The third kappa shape index (κ3) is 3.67. The Hall–Kier alpha value is -1.61. The average Bonchev–Trinajstić information content (AvgIpc) is 2.71. The zero-order chi connectivity index (χ0) is 13.8. The minimum absolute atomic E-state index is 0.660. The molecule has 0 fully saturated rings. The second-order valence-electron chi connectivity index (χ2n) is 5.55. The molecule has 102 valence electrons. The first-order valence-electron chi connectivity index (χ1n) is 6.89. The number of imidazole rings is 1. The number of aromatic amines is 1. The maximum Gasteiger partial charge on any atom is 0.121 e. The molecule has 1 aromatic heterocycles. The maximum atomic E-state index is 4.69. The van der Waals surface area contributed by atoms with Gasteiger partial charge in [-0.25, -0.2) is 4.98 Å². The van der Waals surface area contributed by atoms with Gasteiger partial charge < -0.3 is 10.3 Å². The van der Waals surface area contributed by atoms with Gasteiger partial charge in [0.25, 0.3) is 0 Å².